The molecule has 158 valence electrons. The molecule has 8 nitrogen and oxygen atoms in total. The number of hydrogen-bond acceptors (Lipinski definition) is 7. The fourth-order valence-electron chi connectivity index (χ4n) is 3.06. The summed E-state index contributed by atoms with van der Waals surface area (Å²) in [6.07, 6.45) is 1.79. The van der Waals surface area contributed by atoms with Crippen LogP contribution < -0.4 is 10.2 Å². The fourth-order valence-corrected chi connectivity index (χ4v) is 5.15. The third-order valence-corrected chi connectivity index (χ3v) is 8.02. The summed E-state index contributed by atoms with van der Waals surface area (Å²) in [5.74, 6) is -0.191. The van der Waals surface area contributed by atoms with Crippen molar-refractivity contribution in [2.24, 2.45) is 0 Å². The van der Waals surface area contributed by atoms with E-state index in [1.165, 1.54) is 26.2 Å². The van der Waals surface area contributed by atoms with E-state index in [0.717, 1.165) is 35.6 Å². The lowest BCUT2D eigenvalue weighted by Gasteiger charge is -2.37. The number of nitrogens with one attached hydrogen (secondary N) is 1. The molecule has 1 saturated heterocycles. The van der Waals surface area contributed by atoms with Crippen molar-refractivity contribution in [2.45, 2.75) is 17.9 Å². The van der Waals surface area contributed by atoms with Crippen LogP contribution in [0.25, 0.3) is 0 Å². The number of benzene rings is 1. The molecule has 0 saturated carbocycles. The smallest absolute Gasteiger partial charge is 0.244 e. The molecule has 1 aliphatic heterocycles. The lowest BCUT2D eigenvalue weighted by Crippen LogP contribution is -2.52. The van der Waals surface area contributed by atoms with E-state index in [1.807, 2.05) is 12.3 Å². The van der Waals surface area contributed by atoms with Gasteiger partial charge in [0.05, 0.1) is 11.1 Å². The van der Waals surface area contributed by atoms with E-state index in [9.17, 15) is 13.2 Å². The molecular weight excluding hydrogens is 434 g/mol. The molecule has 1 unspecified atom stereocenters. The van der Waals surface area contributed by atoms with E-state index in [4.69, 9.17) is 11.6 Å². The van der Waals surface area contributed by atoms with Crippen LogP contribution >= 0.6 is 22.9 Å². The first-order valence-electron chi connectivity index (χ1n) is 9.11. The predicted molar refractivity (Wildman–Crippen MR) is 116 cm³/mol. The molecule has 1 aromatic carbocycles. The SMILES string of the molecule is CC(C(=O)Nc1ccc(Cl)c(S(=O)(=O)N(C)C)c1)N1CCN(c2nccs2)CC1. The zero-order valence-electron chi connectivity index (χ0n) is 16.5. The van der Waals surface area contributed by atoms with Gasteiger partial charge in [-0.2, -0.15) is 0 Å². The van der Waals surface area contributed by atoms with Gasteiger partial charge in [0.15, 0.2) is 5.13 Å². The van der Waals surface area contributed by atoms with Crippen LogP contribution in [0.4, 0.5) is 10.8 Å². The Morgan fingerprint density at radius 1 is 1.28 bits per heavy atom. The molecule has 1 N–H and O–H groups in total. The summed E-state index contributed by atoms with van der Waals surface area (Å²) in [6.45, 7) is 4.94. The maximum atomic E-state index is 12.7. The molecule has 0 radical (unpaired) electrons. The molecule has 1 amide bonds. The normalized spacial score (nSPS) is 16.8. The highest BCUT2D eigenvalue weighted by Gasteiger charge is 2.27. The average molecular weight is 458 g/mol. The van der Waals surface area contributed by atoms with Crippen molar-refractivity contribution in [2.75, 3.05) is 50.5 Å². The van der Waals surface area contributed by atoms with Crippen molar-refractivity contribution >= 4 is 49.7 Å². The highest BCUT2D eigenvalue weighted by atomic mass is 35.5. The Balaban J connectivity index is 1.64. The van der Waals surface area contributed by atoms with Crippen LogP contribution in [0.5, 0.6) is 0 Å². The number of carbonyl (C=O) groups is 1. The minimum absolute atomic E-state index is 0.0355. The van der Waals surface area contributed by atoms with E-state index in [2.05, 4.69) is 20.1 Å². The molecule has 11 heteroatoms. The fraction of sp³-hybridized carbons (Fsp3) is 0.444. The van der Waals surface area contributed by atoms with E-state index in [0.29, 0.717) is 5.69 Å². The second kappa shape index (κ2) is 8.97. The summed E-state index contributed by atoms with van der Waals surface area (Å²) >= 11 is 7.67. The first-order chi connectivity index (χ1) is 13.7. The van der Waals surface area contributed by atoms with Crippen LogP contribution in [0, 0.1) is 0 Å². The number of amides is 1. The third kappa shape index (κ3) is 4.89. The second-order valence-corrected chi connectivity index (χ2v) is 10.3. The molecule has 2 aromatic rings. The molecule has 2 heterocycles. The van der Waals surface area contributed by atoms with Gasteiger partial charge in [-0.3, -0.25) is 9.69 Å². The number of halogens is 1. The first kappa shape index (κ1) is 22.0. The molecule has 1 fully saturated rings. The van der Waals surface area contributed by atoms with Crippen LogP contribution in [-0.2, 0) is 14.8 Å². The number of anilines is 2. The minimum atomic E-state index is -3.71. The summed E-state index contributed by atoms with van der Waals surface area (Å²) < 4.78 is 25.9. The third-order valence-electron chi connectivity index (χ3n) is 4.89. The highest BCUT2D eigenvalue weighted by molar-refractivity contribution is 7.89. The van der Waals surface area contributed by atoms with Gasteiger partial charge in [0.25, 0.3) is 0 Å². The van der Waals surface area contributed by atoms with Crippen molar-refractivity contribution in [3.8, 4) is 0 Å². The number of hydrogen-bond donors (Lipinski definition) is 1. The number of piperazine rings is 1. The van der Waals surface area contributed by atoms with Crippen molar-refractivity contribution in [3.63, 3.8) is 0 Å². The standard InChI is InChI=1S/C18H24ClN5O3S2/c1-13(23-7-9-24(10-8-23)18-20-6-11-28-18)17(25)21-14-4-5-15(19)16(12-14)29(26,27)22(2)3/h4-6,11-13H,7-10H2,1-3H3,(H,21,25). The van der Waals surface area contributed by atoms with Gasteiger partial charge >= 0.3 is 0 Å². The summed E-state index contributed by atoms with van der Waals surface area (Å²) in [7, 11) is -0.835. The van der Waals surface area contributed by atoms with Crippen LogP contribution in [0.3, 0.4) is 0 Å². The molecule has 1 aromatic heterocycles. The van der Waals surface area contributed by atoms with Crippen molar-refractivity contribution < 1.29 is 13.2 Å². The molecule has 1 aliphatic rings. The number of aromatic nitrogens is 1. The summed E-state index contributed by atoms with van der Waals surface area (Å²) in [5.41, 5.74) is 0.396. The van der Waals surface area contributed by atoms with Gasteiger partial charge in [-0.15, -0.1) is 11.3 Å². The van der Waals surface area contributed by atoms with Crippen LogP contribution in [0.2, 0.25) is 5.02 Å². The quantitative estimate of drug-likeness (QED) is 0.715. The molecule has 29 heavy (non-hydrogen) atoms. The van der Waals surface area contributed by atoms with Gasteiger partial charge in [-0.1, -0.05) is 11.6 Å². The monoisotopic (exact) mass is 457 g/mol. The molecule has 0 aliphatic carbocycles. The summed E-state index contributed by atoms with van der Waals surface area (Å²) in [6, 6.07) is 4.12. The van der Waals surface area contributed by atoms with E-state index >= 15 is 0 Å². The Morgan fingerprint density at radius 3 is 2.55 bits per heavy atom. The maximum absolute atomic E-state index is 12.7. The Kier molecular flexibility index (Phi) is 6.79. The van der Waals surface area contributed by atoms with Gasteiger partial charge in [-0.25, -0.2) is 17.7 Å². The average Bonchev–Trinajstić information content (AvgIpc) is 3.23. The number of sulfonamides is 1. The predicted octanol–water partition coefficient (Wildman–Crippen LogP) is 2.20. The Morgan fingerprint density at radius 2 is 1.97 bits per heavy atom. The number of nitrogens with zero attached hydrogens (tertiary/aromatic N) is 4. The Bertz CT molecular complexity index is 958. The van der Waals surface area contributed by atoms with Gasteiger partial charge in [0.1, 0.15) is 4.90 Å². The largest absolute Gasteiger partial charge is 0.346 e. The highest BCUT2D eigenvalue weighted by Crippen LogP contribution is 2.27. The van der Waals surface area contributed by atoms with E-state index in [1.54, 1.807) is 23.6 Å². The van der Waals surface area contributed by atoms with Gasteiger partial charge in [-0.05, 0) is 25.1 Å². The number of rotatable bonds is 6. The number of carbonyl (C=O) groups excluding carboxylic acids is 1. The first-order valence-corrected chi connectivity index (χ1v) is 11.8. The zero-order valence-corrected chi connectivity index (χ0v) is 18.9. The van der Waals surface area contributed by atoms with Crippen molar-refractivity contribution in [1.82, 2.24) is 14.2 Å². The maximum Gasteiger partial charge on any atom is 0.244 e. The van der Waals surface area contributed by atoms with Crippen molar-refractivity contribution in [3.05, 3.63) is 34.8 Å². The molecule has 0 bridgehead atoms. The van der Waals surface area contributed by atoms with Crippen molar-refractivity contribution in [1.29, 1.82) is 0 Å². The number of thiazole rings is 1. The molecule has 1 atom stereocenters. The van der Waals surface area contributed by atoms with Crippen LogP contribution in [0.1, 0.15) is 6.92 Å². The second-order valence-electron chi connectivity index (χ2n) is 6.94. The molecular formula is C18H24ClN5O3S2. The van der Waals surface area contributed by atoms with E-state index < -0.39 is 10.0 Å². The Labute approximate surface area is 180 Å². The lowest BCUT2D eigenvalue weighted by atomic mass is 10.2. The van der Waals surface area contributed by atoms with Gasteiger partial charge in [0.2, 0.25) is 15.9 Å². The van der Waals surface area contributed by atoms with Crippen LogP contribution in [0.15, 0.2) is 34.7 Å². The van der Waals surface area contributed by atoms with Gasteiger partial charge < -0.3 is 10.2 Å². The zero-order chi connectivity index (χ0) is 21.2. The Hall–Kier alpha value is -1.72. The molecule has 0 spiro atoms. The topological polar surface area (TPSA) is 85.8 Å². The van der Waals surface area contributed by atoms with Gasteiger partial charge in [0, 0.05) is 57.5 Å². The summed E-state index contributed by atoms with van der Waals surface area (Å²) in [4.78, 5) is 21.3. The lowest BCUT2D eigenvalue weighted by molar-refractivity contribution is -0.120. The van der Waals surface area contributed by atoms with E-state index in [-0.39, 0.29) is 21.9 Å². The minimum Gasteiger partial charge on any atom is -0.346 e. The summed E-state index contributed by atoms with van der Waals surface area (Å²) in [5, 5.41) is 5.87. The van der Waals surface area contributed by atoms with Crippen LogP contribution in [-0.4, -0.2) is 74.8 Å². The molecule has 3 rings (SSSR count).